The van der Waals surface area contributed by atoms with E-state index in [1.54, 1.807) is 50.2 Å². The molecule has 162 valence electrons. The second-order valence-corrected chi connectivity index (χ2v) is 8.36. The van der Waals surface area contributed by atoms with Crippen LogP contribution in [-0.4, -0.2) is 35.3 Å². The molecule has 0 fully saturated rings. The number of carbonyl (C=O) groups is 3. The third kappa shape index (κ3) is 4.56. The van der Waals surface area contributed by atoms with Gasteiger partial charge in [-0.15, -0.1) is 0 Å². The number of aryl methyl sites for hydroxylation is 1. The molecule has 0 saturated heterocycles. The summed E-state index contributed by atoms with van der Waals surface area (Å²) in [5, 5.41) is 0.602. The lowest BCUT2D eigenvalue weighted by molar-refractivity contribution is -0.158. The van der Waals surface area contributed by atoms with Crippen LogP contribution in [0.5, 0.6) is 0 Å². The molecule has 0 radical (unpaired) electrons. The van der Waals surface area contributed by atoms with Crippen LogP contribution in [0.3, 0.4) is 0 Å². The van der Waals surface area contributed by atoms with E-state index in [0.717, 1.165) is 5.56 Å². The normalized spacial score (nSPS) is 11.4. The van der Waals surface area contributed by atoms with E-state index in [4.69, 9.17) is 13.9 Å². The Morgan fingerprint density at radius 1 is 0.935 bits per heavy atom. The lowest BCUT2D eigenvalue weighted by atomic mass is 9.95. The number of furan rings is 1. The van der Waals surface area contributed by atoms with Crippen LogP contribution in [0.4, 0.5) is 0 Å². The summed E-state index contributed by atoms with van der Waals surface area (Å²) >= 11 is 3.24. The maximum absolute atomic E-state index is 13.4. The van der Waals surface area contributed by atoms with E-state index in [9.17, 15) is 14.4 Å². The monoisotopic (exact) mass is 486 g/mol. The number of hydrogen-bond donors (Lipinski definition) is 0. The van der Waals surface area contributed by atoms with Crippen molar-refractivity contribution in [2.75, 3.05) is 13.2 Å². The van der Waals surface area contributed by atoms with Crippen molar-refractivity contribution in [1.29, 1.82) is 0 Å². The van der Waals surface area contributed by atoms with Crippen molar-refractivity contribution in [2.45, 2.75) is 31.5 Å². The molecule has 2 aromatic carbocycles. The fraction of sp³-hybridized carbons (Fsp3) is 0.292. The topological polar surface area (TPSA) is 82.8 Å². The average Bonchev–Trinajstić information content (AvgIpc) is 3.11. The van der Waals surface area contributed by atoms with Gasteiger partial charge < -0.3 is 13.9 Å². The van der Waals surface area contributed by atoms with Crippen molar-refractivity contribution >= 4 is 44.6 Å². The Bertz CT molecular complexity index is 1090. The molecular weight excluding hydrogens is 464 g/mol. The van der Waals surface area contributed by atoms with Crippen LogP contribution < -0.4 is 0 Å². The summed E-state index contributed by atoms with van der Waals surface area (Å²) < 4.78 is 14.3. The number of carbonyl (C=O) groups excluding carboxylic acids is 3. The fourth-order valence-corrected chi connectivity index (χ4v) is 3.74. The van der Waals surface area contributed by atoms with Gasteiger partial charge in [0.25, 0.3) is 0 Å². The number of rotatable bonds is 8. The zero-order valence-corrected chi connectivity index (χ0v) is 19.2. The molecule has 1 aromatic heterocycles. The van der Waals surface area contributed by atoms with Crippen molar-refractivity contribution in [1.82, 2.24) is 0 Å². The maximum atomic E-state index is 13.4. The summed E-state index contributed by atoms with van der Waals surface area (Å²) in [6.45, 7) is 5.39. The molecule has 31 heavy (non-hydrogen) atoms. The zero-order valence-electron chi connectivity index (χ0n) is 17.6. The number of ether oxygens (including phenoxy) is 2. The lowest BCUT2D eigenvalue weighted by Crippen LogP contribution is -2.45. The molecule has 0 bridgehead atoms. The first-order valence-corrected chi connectivity index (χ1v) is 10.8. The summed E-state index contributed by atoms with van der Waals surface area (Å²) in [4.78, 5) is 38.8. The molecule has 0 N–H and O–H groups in total. The van der Waals surface area contributed by atoms with E-state index in [1.807, 2.05) is 19.1 Å². The molecular formula is C24H23BrO6. The largest absolute Gasteiger partial charge is 0.464 e. The molecule has 0 aliphatic rings. The van der Waals surface area contributed by atoms with Crippen molar-refractivity contribution in [2.24, 2.45) is 0 Å². The highest BCUT2D eigenvalue weighted by Gasteiger charge is 2.48. The highest BCUT2D eigenvalue weighted by Crippen LogP contribution is 2.35. The van der Waals surface area contributed by atoms with Gasteiger partial charge in [0, 0.05) is 17.4 Å². The van der Waals surface area contributed by atoms with Gasteiger partial charge >= 0.3 is 11.9 Å². The van der Waals surface area contributed by atoms with Gasteiger partial charge in [0.2, 0.25) is 4.32 Å². The number of benzene rings is 2. The number of para-hydroxylation sites is 1. The molecule has 3 aromatic rings. The Balaban J connectivity index is 2.13. The fourth-order valence-electron chi connectivity index (χ4n) is 3.26. The van der Waals surface area contributed by atoms with Gasteiger partial charge in [-0.1, -0.05) is 64.0 Å². The van der Waals surface area contributed by atoms with Crippen LogP contribution in [-0.2, 0) is 25.5 Å². The Labute approximate surface area is 188 Å². The summed E-state index contributed by atoms with van der Waals surface area (Å²) in [6, 6.07) is 14.3. The van der Waals surface area contributed by atoms with E-state index in [1.165, 1.54) is 0 Å². The Morgan fingerprint density at radius 2 is 1.52 bits per heavy atom. The Hall–Kier alpha value is -2.93. The van der Waals surface area contributed by atoms with Crippen molar-refractivity contribution in [3.8, 4) is 0 Å². The maximum Gasteiger partial charge on any atom is 0.334 e. The van der Waals surface area contributed by atoms with E-state index in [0.29, 0.717) is 22.1 Å². The summed E-state index contributed by atoms with van der Waals surface area (Å²) in [7, 11) is 0. The smallest absolute Gasteiger partial charge is 0.334 e. The van der Waals surface area contributed by atoms with Crippen molar-refractivity contribution < 1.29 is 28.3 Å². The molecule has 0 unspecified atom stereocenters. The number of halogens is 1. The lowest BCUT2D eigenvalue weighted by Gasteiger charge is -2.22. The van der Waals surface area contributed by atoms with E-state index in [-0.39, 0.29) is 31.2 Å². The van der Waals surface area contributed by atoms with Crippen LogP contribution >= 0.6 is 15.9 Å². The van der Waals surface area contributed by atoms with Gasteiger partial charge in [-0.3, -0.25) is 4.79 Å². The first kappa shape index (κ1) is 22.7. The highest BCUT2D eigenvalue weighted by molar-refractivity contribution is 9.10. The van der Waals surface area contributed by atoms with Gasteiger partial charge in [0.05, 0.1) is 18.8 Å². The van der Waals surface area contributed by atoms with Crippen LogP contribution in [0.15, 0.2) is 52.9 Å². The molecule has 0 amide bonds. The predicted molar refractivity (Wildman–Crippen MR) is 119 cm³/mol. The van der Waals surface area contributed by atoms with E-state index >= 15 is 0 Å². The highest BCUT2D eigenvalue weighted by atomic mass is 79.9. The molecule has 3 rings (SSSR count). The SMILES string of the molecule is CCOC(=O)C(Br)(Cc1oc2ccccc2c1C(=O)c1ccc(C)cc1)C(=O)OCC. The third-order valence-corrected chi connectivity index (χ3v) is 5.74. The summed E-state index contributed by atoms with van der Waals surface area (Å²) in [5.41, 5.74) is 2.29. The van der Waals surface area contributed by atoms with Gasteiger partial charge in [-0.05, 0) is 26.8 Å². The Kier molecular flexibility index (Phi) is 6.95. The molecule has 0 aliphatic carbocycles. The van der Waals surface area contributed by atoms with Gasteiger partial charge in [0.15, 0.2) is 5.78 Å². The predicted octanol–water partition coefficient (Wildman–Crippen LogP) is 4.77. The number of esters is 2. The Morgan fingerprint density at radius 3 is 2.10 bits per heavy atom. The van der Waals surface area contributed by atoms with Crippen LogP contribution in [0.1, 0.15) is 41.1 Å². The van der Waals surface area contributed by atoms with E-state index < -0.39 is 16.3 Å². The number of alkyl halides is 1. The van der Waals surface area contributed by atoms with E-state index in [2.05, 4.69) is 15.9 Å². The van der Waals surface area contributed by atoms with Crippen LogP contribution in [0.25, 0.3) is 11.0 Å². The van der Waals surface area contributed by atoms with Crippen molar-refractivity contribution in [3.63, 3.8) is 0 Å². The second kappa shape index (κ2) is 9.47. The standard InChI is InChI=1S/C24H23BrO6/c1-4-29-22(27)24(25,23(28)30-5-2)14-19-20(17-8-6-7-9-18(17)31-19)21(26)16-12-10-15(3)11-13-16/h6-13H,4-5,14H2,1-3H3. The minimum absolute atomic E-state index is 0.0842. The van der Waals surface area contributed by atoms with Gasteiger partial charge in [-0.25, -0.2) is 9.59 Å². The van der Waals surface area contributed by atoms with Gasteiger partial charge in [-0.2, -0.15) is 0 Å². The van der Waals surface area contributed by atoms with Crippen LogP contribution in [0.2, 0.25) is 0 Å². The molecule has 7 heteroatoms. The van der Waals surface area contributed by atoms with Crippen molar-refractivity contribution in [3.05, 3.63) is 71.0 Å². The minimum atomic E-state index is -1.84. The third-order valence-electron chi connectivity index (χ3n) is 4.81. The molecule has 6 nitrogen and oxygen atoms in total. The molecule has 0 aliphatic heterocycles. The molecule has 1 heterocycles. The number of fused-ring (bicyclic) bond motifs is 1. The first-order valence-electron chi connectivity index (χ1n) is 9.97. The summed E-state index contributed by atoms with van der Waals surface area (Å²) in [5.74, 6) is -1.67. The average molecular weight is 487 g/mol. The second-order valence-electron chi connectivity index (χ2n) is 7.01. The molecule has 0 spiro atoms. The summed E-state index contributed by atoms with van der Waals surface area (Å²) in [6.07, 6.45) is -0.244. The number of hydrogen-bond acceptors (Lipinski definition) is 6. The first-order chi connectivity index (χ1) is 14.8. The zero-order chi connectivity index (χ0) is 22.6. The van der Waals surface area contributed by atoms with Gasteiger partial charge in [0.1, 0.15) is 11.3 Å². The quantitative estimate of drug-likeness (QED) is 0.197. The number of ketones is 1. The molecule has 0 atom stereocenters. The minimum Gasteiger partial charge on any atom is -0.464 e. The van der Waals surface area contributed by atoms with Crippen LogP contribution in [0, 0.1) is 6.92 Å². The molecule has 0 saturated carbocycles.